The molecule has 0 radical (unpaired) electrons. The first kappa shape index (κ1) is 15.6. The summed E-state index contributed by atoms with van der Waals surface area (Å²) < 4.78 is 7.28. The molecule has 3 rings (SSSR count). The number of fused-ring (bicyclic) bond motifs is 1. The van der Waals surface area contributed by atoms with Gasteiger partial charge in [0.2, 0.25) is 5.91 Å². The van der Waals surface area contributed by atoms with Crippen molar-refractivity contribution < 1.29 is 9.53 Å². The largest absolute Gasteiger partial charge is 0.496 e. The number of para-hydroxylation sites is 1. The summed E-state index contributed by atoms with van der Waals surface area (Å²) in [7, 11) is 5.25. The summed E-state index contributed by atoms with van der Waals surface area (Å²) in [5.41, 5.74) is 2.19. The van der Waals surface area contributed by atoms with Crippen molar-refractivity contribution in [3.05, 3.63) is 47.8 Å². The zero-order chi connectivity index (χ0) is 16.4. The second-order valence-corrected chi connectivity index (χ2v) is 6.00. The standard InChI is InChI=1S/C17H22N4O2/c1-19(2)17(22)15-12-20(11-14-8-9-18-21(14)15)10-13-6-4-5-7-16(13)23-3/h4-9,15H,10-12H2,1-3H3. The minimum absolute atomic E-state index is 0.0691. The second-order valence-electron chi connectivity index (χ2n) is 6.00. The molecule has 2 heterocycles. The van der Waals surface area contributed by atoms with Crippen molar-refractivity contribution in [2.45, 2.75) is 19.1 Å². The van der Waals surface area contributed by atoms with E-state index in [1.54, 1.807) is 32.3 Å². The highest BCUT2D eigenvalue weighted by molar-refractivity contribution is 5.80. The number of nitrogens with zero attached hydrogens (tertiary/aromatic N) is 4. The number of rotatable bonds is 4. The number of ether oxygens (including phenoxy) is 1. The molecule has 1 aromatic carbocycles. The first-order valence-corrected chi connectivity index (χ1v) is 7.68. The Morgan fingerprint density at radius 2 is 2.13 bits per heavy atom. The molecule has 0 fully saturated rings. The van der Waals surface area contributed by atoms with Gasteiger partial charge in [-0.1, -0.05) is 18.2 Å². The lowest BCUT2D eigenvalue weighted by molar-refractivity contribution is -0.134. The average Bonchev–Trinajstić information content (AvgIpc) is 3.02. The van der Waals surface area contributed by atoms with E-state index in [0.29, 0.717) is 6.54 Å². The molecule has 1 amide bonds. The van der Waals surface area contributed by atoms with Gasteiger partial charge in [0.05, 0.1) is 12.8 Å². The molecule has 1 aliphatic heterocycles. The molecule has 2 aromatic rings. The lowest BCUT2D eigenvalue weighted by Gasteiger charge is -2.34. The number of likely N-dealkylation sites (N-methyl/N-ethyl adjacent to an activating group) is 1. The second kappa shape index (κ2) is 6.42. The fourth-order valence-corrected chi connectivity index (χ4v) is 3.04. The van der Waals surface area contributed by atoms with Gasteiger partial charge >= 0.3 is 0 Å². The minimum Gasteiger partial charge on any atom is -0.496 e. The fraction of sp³-hybridized carbons (Fsp3) is 0.412. The van der Waals surface area contributed by atoms with Crippen molar-refractivity contribution in [2.75, 3.05) is 27.7 Å². The van der Waals surface area contributed by atoms with Gasteiger partial charge in [-0.2, -0.15) is 5.10 Å². The molecule has 1 atom stereocenters. The van der Waals surface area contributed by atoms with Crippen molar-refractivity contribution >= 4 is 5.91 Å². The minimum atomic E-state index is -0.279. The molecular formula is C17H22N4O2. The molecule has 122 valence electrons. The first-order valence-electron chi connectivity index (χ1n) is 7.68. The van der Waals surface area contributed by atoms with E-state index in [2.05, 4.69) is 16.1 Å². The maximum absolute atomic E-state index is 12.5. The van der Waals surface area contributed by atoms with Crippen molar-refractivity contribution in [1.82, 2.24) is 19.6 Å². The molecule has 0 saturated carbocycles. The Morgan fingerprint density at radius 1 is 1.35 bits per heavy atom. The first-order chi connectivity index (χ1) is 11.1. The molecule has 0 spiro atoms. The molecule has 23 heavy (non-hydrogen) atoms. The van der Waals surface area contributed by atoms with Crippen LogP contribution in [0.1, 0.15) is 17.3 Å². The molecule has 1 aromatic heterocycles. The quantitative estimate of drug-likeness (QED) is 0.859. The number of hydrogen-bond acceptors (Lipinski definition) is 4. The summed E-state index contributed by atoms with van der Waals surface area (Å²) in [5.74, 6) is 0.946. The van der Waals surface area contributed by atoms with Gasteiger partial charge in [0.1, 0.15) is 11.8 Å². The van der Waals surface area contributed by atoms with Crippen LogP contribution in [0.5, 0.6) is 5.75 Å². The van der Waals surface area contributed by atoms with E-state index in [9.17, 15) is 4.79 Å². The maximum Gasteiger partial charge on any atom is 0.248 e. The van der Waals surface area contributed by atoms with Crippen LogP contribution in [0, 0.1) is 0 Å². The Bertz CT molecular complexity index is 695. The Labute approximate surface area is 136 Å². The number of aromatic nitrogens is 2. The van der Waals surface area contributed by atoms with Crippen LogP contribution in [-0.4, -0.2) is 53.2 Å². The van der Waals surface area contributed by atoms with Gasteiger partial charge in [-0.05, 0) is 12.1 Å². The van der Waals surface area contributed by atoms with Crippen molar-refractivity contribution in [1.29, 1.82) is 0 Å². The highest BCUT2D eigenvalue weighted by Crippen LogP contribution is 2.26. The van der Waals surface area contributed by atoms with Crippen LogP contribution in [0.25, 0.3) is 0 Å². The van der Waals surface area contributed by atoms with E-state index in [-0.39, 0.29) is 11.9 Å². The summed E-state index contributed by atoms with van der Waals surface area (Å²) in [5, 5.41) is 4.33. The monoisotopic (exact) mass is 314 g/mol. The molecule has 0 saturated heterocycles. The smallest absolute Gasteiger partial charge is 0.248 e. The molecule has 1 aliphatic rings. The molecule has 6 nitrogen and oxygen atoms in total. The predicted octanol–water partition coefficient (Wildman–Crippen LogP) is 1.54. The van der Waals surface area contributed by atoms with E-state index in [4.69, 9.17) is 4.74 Å². The summed E-state index contributed by atoms with van der Waals surface area (Å²) in [4.78, 5) is 16.4. The van der Waals surface area contributed by atoms with Crippen molar-refractivity contribution in [3.63, 3.8) is 0 Å². The number of hydrogen-bond donors (Lipinski definition) is 0. The normalized spacial score (nSPS) is 17.6. The molecule has 0 aliphatic carbocycles. The van der Waals surface area contributed by atoms with Crippen LogP contribution < -0.4 is 4.74 Å². The number of carbonyl (C=O) groups is 1. The van der Waals surface area contributed by atoms with Crippen LogP contribution >= 0.6 is 0 Å². The van der Waals surface area contributed by atoms with Gasteiger partial charge in [-0.3, -0.25) is 14.4 Å². The molecule has 0 N–H and O–H groups in total. The van der Waals surface area contributed by atoms with Crippen LogP contribution in [0.15, 0.2) is 36.5 Å². The van der Waals surface area contributed by atoms with Crippen LogP contribution in [0.3, 0.4) is 0 Å². The number of carbonyl (C=O) groups excluding carboxylic acids is 1. The highest BCUT2D eigenvalue weighted by Gasteiger charge is 2.31. The lowest BCUT2D eigenvalue weighted by atomic mass is 10.1. The van der Waals surface area contributed by atoms with E-state index >= 15 is 0 Å². The van der Waals surface area contributed by atoms with E-state index in [0.717, 1.165) is 30.1 Å². The number of benzene rings is 1. The third kappa shape index (κ3) is 3.07. The van der Waals surface area contributed by atoms with E-state index < -0.39 is 0 Å². The van der Waals surface area contributed by atoms with Crippen molar-refractivity contribution in [2.24, 2.45) is 0 Å². The van der Waals surface area contributed by atoms with Gasteiger partial charge in [0.15, 0.2) is 0 Å². The van der Waals surface area contributed by atoms with E-state index in [1.165, 1.54) is 0 Å². The molecule has 1 unspecified atom stereocenters. The number of methoxy groups -OCH3 is 1. The summed E-state index contributed by atoms with van der Waals surface area (Å²) in [6.45, 7) is 2.16. The summed E-state index contributed by atoms with van der Waals surface area (Å²) >= 11 is 0. The number of amides is 1. The highest BCUT2D eigenvalue weighted by atomic mass is 16.5. The topological polar surface area (TPSA) is 50.6 Å². The third-order valence-electron chi connectivity index (χ3n) is 4.18. The van der Waals surface area contributed by atoms with E-state index in [1.807, 2.05) is 28.9 Å². The van der Waals surface area contributed by atoms with Gasteiger partial charge in [0.25, 0.3) is 0 Å². The SMILES string of the molecule is COc1ccccc1CN1Cc2ccnn2C(C(=O)N(C)C)C1. The Balaban J connectivity index is 1.84. The third-order valence-corrected chi connectivity index (χ3v) is 4.18. The fourth-order valence-electron chi connectivity index (χ4n) is 3.04. The maximum atomic E-state index is 12.5. The zero-order valence-corrected chi connectivity index (χ0v) is 13.8. The van der Waals surface area contributed by atoms with Gasteiger partial charge in [-0.15, -0.1) is 0 Å². The summed E-state index contributed by atoms with van der Waals surface area (Å²) in [6.07, 6.45) is 1.76. The molecule has 6 heteroatoms. The van der Waals surface area contributed by atoms with Crippen LogP contribution in [-0.2, 0) is 17.9 Å². The Kier molecular flexibility index (Phi) is 4.34. The Hall–Kier alpha value is -2.34. The Morgan fingerprint density at radius 3 is 2.87 bits per heavy atom. The predicted molar refractivity (Wildman–Crippen MR) is 87.1 cm³/mol. The van der Waals surface area contributed by atoms with Crippen molar-refractivity contribution in [3.8, 4) is 5.75 Å². The molecular weight excluding hydrogens is 292 g/mol. The zero-order valence-electron chi connectivity index (χ0n) is 13.8. The van der Waals surface area contributed by atoms with Crippen LogP contribution in [0.4, 0.5) is 0 Å². The molecule has 0 bridgehead atoms. The van der Waals surface area contributed by atoms with Crippen LogP contribution in [0.2, 0.25) is 0 Å². The van der Waals surface area contributed by atoms with Gasteiger partial charge in [0, 0.05) is 45.5 Å². The van der Waals surface area contributed by atoms with Gasteiger partial charge < -0.3 is 9.64 Å². The average molecular weight is 314 g/mol. The lowest BCUT2D eigenvalue weighted by Crippen LogP contribution is -2.44. The van der Waals surface area contributed by atoms with Gasteiger partial charge in [-0.25, -0.2) is 0 Å². The summed E-state index contributed by atoms with van der Waals surface area (Å²) in [6, 6.07) is 9.70.